The molecule has 82 valence electrons. The lowest BCUT2D eigenvalue weighted by Gasteiger charge is -2.18. The van der Waals surface area contributed by atoms with E-state index in [0.717, 1.165) is 0 Å². The molecular formula is C13H20N2. The Hall–Kier alpha value is -1.33. The highest BCUT2D eigenvalue weighted by Gasteiger charge is 2.21. The van der Waals surface area contributed by atoms with E-state index in [9.17, 15) is 0 Å². The van der Waals surface area contributed by atoms with E-state index in [2.05, 4.69) is 19.1 Å². The topological polar surface area (TPSA) is 49.8 Å². The fraction of sp³-hybridized carbons (Fsp3) is 0.462. The predicted molar refractivity (Wildman–Crippen MR) is 64.2 cm³/mol. The SMILES string of the molecule is CC(C)C(C)(N)C#N.Cc1ccccc1. The molecule has 2 nitrogen and oxygen atoms in total. The van der Waals surface area contributed by atoms with Crippen molar-refractivity contribution in [1.82, 2.24) is 0 Å². The van der Waals surface area contributed by atoms with Gasteiger partial charge in [-0.2, -0.15) is 5.26 Å². The number of rotatable bonds is 1. The van der Waals surface area contributed by atoms with Crippen LogP contribution in [0.4, 0.5) is 0 Å². The fourth-order valence-corrected chi connectivity index (χ4v) is 0.663. The van der Waals surface area contributed by atoms with Crippen LogP contribution in [0.2, 0.25) is 0 Å². The van der Waals surface area contributed by atoms with Crippen molar-refractivity contribution in [2.24, 2.45) is 11.7 Å². The minimum absolute atomic E-state index is 0.229. The lowest BCUT2D eigenvalue weighted by atomic mass is 9.92. The summed E-state index contributed by atoms with van der Waals surface area (Å²) >= 11 is 0. The fourth-order valence-electron chi connectivity index (χ4n) is 0.663. The second-order valence-corrected chi connectivity index (χ2v) is 4.20. The van der Waals surface area contributed by atoms with Crippen molar-refractivity contribution < 1.29 is 0 Å². The molecule has 0 aliphatic carbocycles. The number of nitrogens with two attached hydrogens (primary N) is 1. The van der Waals surface area contributed by atoms with Crippen molar-refractivity contribution in [1.29, 1.82) is 5.26 Å². The van der Waals surface area contributed by atoms with Gasteiger partial charge in [0.2, 0.25) is 0 Å². The molecule has 0 aliphatic heterocycles. The average Bonchev–Trinajstić information content (AvgIpc) is 2.19. The maximum absolute atomic E-state index is 8.39. The van der Waals surface area contributed by atoms with Gasteiger partial charge in [0, 0.05) is 0 Å². The molecule has 0 aromatic heterocycles. The Morgan fingerprint density at radius 3 is 1.87 bits per heavy atom. The smallest absolute Gasteiger partial charge is 0.103 e. The van der Waals surface area contributed by atoms with E-state index in [0.29, 0.717) is 0 Å². The molecule has 1 atom stereocenters. The Labute approximate surface area is 92.7 Å². The summed E-state index contributed by atoms with van der Waals surface area (Å²) in [4.78, 5) is 0. The van der Waals surface area contributed by atoms with Gasteiger partial charge in [-0.25, -0.2) is 0 Å². The standard InChI is InChI=1S/C7H8.C6H12N2/c1-7-5-3-2-4-6-7;1-5(2)6(3,8)4-7/h2-6H,1H3;5H,8H2,1-3H3. The van der Waals surface area contributed by atoms with Crippen LogP contribution in [-0.4, -0.2) is 5.54 Å². The Bertz CT molecular complexity index is 307. The Kier molecular flexibility index (Phi) is 5.66. The van der Waals surface area contributed by atoms with E-state index >= 15 is 0 Å². The molecule has 0 saturated heterocycles. The first-order valence-electron chi connectivity index (χ1n) is 5.12. The quantitative estimate of drug-likeness (QED) is 0.764. The van der Waals surface area contributed by atoms with E-state index < -0.39 is 5.54 Å². The van der Waals surface area contributed by atoms with Crippen LogP contribution < -0.4 is 5.73 Å². The van der Waals surface area contributed by atoms with Crippen LogP contribution in [0.3, 0.4) is 0 Å². The maximum atomic E-state index is 8.39. The number of benzene rings is 1. The molecule has 0 aliphatic rings. The summed E-state index contributed by atoms with van der Waals surface area (Å²) < 4.78 is 0. The van der Waals surface area contributed by atoms with Crippen LogP contribution in [0, 0.1) is 24.2 Å². The van der Waals surface area contributed by atoms with Crippen LogP contribution >= 0.6 is 0 Å². The van der Waals surface area contributed by atoms with Gasteiger partial charge in [0.25, 0.3) is 0 Å². The number of hydrogen-bond acceptors (Lipinski definition) is 2. The molecule has 15 heavy (non-hydrogen) atoms. The van der Waals surface area contributed by atoms with Crippen LogP contribution in [0.25, 0.3) is 0 Å². The number of nitrogens with zero attached hydrogens (tertiary/aromatic N) is 1. The van der Waals surface area contributed by atoms with Gasteiger partial charge < -0.3 is 5.73 Å². The Morgan fingerprint density at radius 2 is 1.73 bits per heavy atom. The minimum atomic E-state index is -0.653. The molecule has 0 saturated carbocycles. The van der Waals surface area contributed by atoms with Crippen molar-refractivity contribution in [3.63, 3.8) is 0 Å². The van der Waals surface area contributed by atoms with Gasteiger partial charge in [0.15, 0.2) is 0 Å². The molecule has 1 aromatic rings. The zero-order valence-electron chi connectivity index (χ0n) is 9.99. The molecule has 0 radical (unpaired) electrons. The summed E-state index contributed by atoms with van der Waals surface area (Å²) in [5.41, 5.74) is 6.17. The lowest BCUT2D eigenvalue weighted by molar-refractivity contribution is 0.430. The van der Waals surface area contributed by atoms with Crippen LogP contribution in [0.1, 0.15) is 26.3 Å². The van der Waals surface area contributed by atoms with E-state index in [-0.39, 0.29) is 5.92 Å². The molecular weight excluding hydrogens is 184 g/mol. The summed E-state index contributed by atoms with van der Waals surface area (Å²) in [6.07, 6.45) is 0. The largest absolute Gasteiger partial charge is 0.313 e. The first-order valence-corrected chi connectivity index (χ1v) is 5.12. The Balaban J connectivity index is 0.000000262. The van der Waals surface area contributed by atoms with Gasteiger partial charge in [-0.3, -0.25) is 0 Å². The molecule has 0 fully saturated rings. The molecule has 2 heteroatoms. The summed E-state index contributed by atoms with van der Waals surface area (Å²) in [5.74, 6) is 0.229. The maximum Gasteiger partial charge on any atom is 0.103 e. The van der Waals surface area contributed by atoms with Crippen molar-refractivity contribution in [2.45, 2.75) is 33.2 Å². The van der Waals surface area contributed by atoms with Gasteiger partial charge in [-0.15, -0.1) is 0 Å². The van der Waals surface area contributed by atoms with E-state index in [1.54, 1.807) is 6.92 Å². The Morgan fingerprint density at radius 1 is 1.27 bits per heavy atom. The summed E-state index contributed by atoms with van der Waals surface area (Å²) in [5, 5.41) is 8.39. The van der Waals surface area contributed by atoms with Crippen molar-refractivity contribution in [2.75, 3.05) is 0 Å². The summed E-state index contributed by atoms with van der Waals surface area (Å²) in [6.45, 7) is 7.68. The number of aryl methyl sites for hydroxylation is 1. The minimum Gasteiger partial charge on any atom is -0.313 e. The highest BCUT2D eigenvalue weighted by atomic mass is 14.7. The molecule has 0 bridgehead atoms. The highest BCUT2D eigenvalue weighted by Crippen LogP contribution is 2.09. The van der Waals surface area contributed by atoms with Crippen molar-refractivity contribution >= 4 is 0 Å². The first kappa shape index (κ1) is 13.7. The zero-order chi connectivity index (χ0) is 11.9. The van der Waals surface area contributed by atoms with E-state index in [1.165, 1.54) is 5.56 Å². The third kappa shape index (κ3) is 5.87. The third-order valence-electron chi connectivity index (χ3n) is 2.38. The molecule has 0 amide bonds. The van der Waals surface area contributed by atoms with Gasteiger partial charge >= 0.3 is 0 Å². The third-order valence-corrected chi connectivity index (χ3v) is 2.38. The first-order chi connectivity index (χ1) is 6.90. The van der Waals surface area contributed by atoms with Crippen LogP contribution in [0.15, 0.2) is 30.3 Å². The van der Waals surface area contributed by atoms with Crippen molar-refractivity contribution in [3.8, 4) is 6.07 Å². The molecule has 2 N–H and O–H groups in total. The number of nitriles is 1. The normalized spacial score (nSPS) is 13.4. The lowest BCUT2D eigenvalue weighted by Crippen LogP contribution is -2.39. The summed E-state index contributed by atoms with van der Waals surface area (Å²) in [7, 11) is 0. The molecule has 1 unspecified atom stereocenters. The predicted octanol–water partition coefficient (Wildman–Crippen LogP) is 2.88. The molecule has 1 aromatic carbocycles. The summed E-state index contributed by atoms with van der Waals surface area (Å²) in [6, 6.07) is 12.3. The van der Waals surface area contributed by atoms with Crippen LogP contribution in [-0.2, 0) is 0 Å². The second kappa shape index (κ2) is 6.21. The van der Waals surface area contributed by atoms with E-state index in [1.807, 2.05) is 38.1 Å². The molecule has 1 rings (SSSR count). The monoisotopic (exact) mass is 204 g/mol. The van der Waals surface area contributed by atoms with Gasteiger partial charge in [0.1, 0.15) is 5.54 Å². The molecule has 0 heterocycles. The average molecular weight is 204 g/mol. The van der Waals surface area contributed by atoms with Gasteiger partial charge in [-0.05, 0) is 19.8 Å². The second-order valence-electron chi connectivity index (χ2n) is 4.20. The van der Waals surface area contributed by atoms with Crippen LogP contribution in [0.5, 0.6) is 0 Å². The molecule has 0 spiro atoms. The van der Waals surface area contributed by atoms with Crippen molar-refractivity contribution in [3.05, 3.63) is 35.9 Å². The van der Waals surface area contributed by atoms with Gasteiger partial charge in [0.05, 0.1) is 6.07 Å². The number of hydrogen-bond donors (Lipinski definition) is 1. The van der Waals surface area contributed by atoms with Gasteiger partial charge in [-0.1, -0.05) is 49.7 Å². The zero-order valence-corrected chi connectivity index (χ0v) is 9.99. The van der Waals surface area contributed by atoms with E-state index in [4.69, 9.17) is 11.0 Å². The highest BCUT2D eigenvalue weighted by molar-refractivity contribution is 5.11.